The lowest BCUT2D eigenvalue weighted by molar-refractivity contribution is -0.142. The number of methoxy groups -OCH3 is 1. The van der Waals surface area contributed by atoms with Crippen molar-refractivity contribution in [2.24, 2.45) is 5.73 Å². The molecule has 1 aromatic rings. The summed E-state index contributed by atoms with van der Waals surface area (Å²) >= 11 is 0. The van der Waals surface area contributed by atoms with Crippen LogP contribution in [-0.2, 0) is 9.53 Å². The molecular weight excluding hydrogens is 205 g/mol. The molecule has 0 radical (unpaired) electrons. The van der Waals surface area contributed by atoms with Crippen LogP contribution in [0.1, 0.15) is 0 Å². The summed E-state index contributed by atoms with van der Waals surface area (Å²) < 4.78 is 22.1. The molecule has 7 heteroatoms. The van der Waals surface area contributed by atoms with Crippen LogP contribution in [-0.4, -0.2) is 35.7 Å². The van der Waals surface area contributed by atoms with Gasteiger partial charge in [-0.2, -0.15) is 9.37 Å². The van der Waals surface area contributed by atoms with Crippen LogP contribution < -0.4 is 10.5 Å². The first-order valence-electron chi connectivity index (χ1n) is 4.07. The normalized spacial score (nSPS) is 11.9. The number of carbonyl (C=O) groups is 1. The van der Waals surface area contributed by atoms with Crippen molar-refractivity contribution in [3.8, 4) is 5.88 Å². The van der Waals surface area contributed by atoms with E-state index in [0.29, 0.717) is 0 Å². The van der Waals surface area contributed by atoms with Gasteiger partial charge in [0.25, 0.3) is 5.88 Å². The van der Waals surface area contributed by atoms with Gasteiger partial charge in [0.1, 0.15) is 19.0 Å². The zero-order valence-electron chi connectivity index (χ0n) is 8.01. The van der Waals surface area contributed by atoms with E-state index in [-0.39, 0.29) is 12.5 Å². The molecule has 1 heterocycles. The third-order valence-corrected chi connectivity index (χ3v) is 1.54. The van der Waals surface area contributed by atoms with Crippen LogP contribution in [0.5, 0.6) is 5.88 Å². The Kier molecular flexibility index (Phi) is 3.92. The molecule has 0 bridgehead atoms. The Morgan fingerprint density at radius 2 is 2.47 bits per heavy atom. The third kappa shape index (κ3) is 3.13. The predicted octanol–water partition coefficient (Wildman–Crippen LogP) is -0.505. The quantitative estimate of drug-likeness (QED) is 0.681. The molecule has 0 spiro atoms. The Hall–Kier alpha value is -1.76. The lowest BCUT2D eigenvalue weighted by Gasteiger charge is -2.10. The average molecular weight is 215 g/mol. The van der Waals surface area contributed by atoms with E-state index in [1.165, 1.54) is 7.11 Å². The van der Waals surface area contributed by atoms with Crippen LogP contribution >= 0.6 is 0 Å². The number of hydrogen-bond donors (Lipinski definition) is 1. The van der Waals surface area contributed by atoms with Gasteiger partial charge >= 0.3 is 5.97 Å². The second-order valence-electron chi connectivity index (χ2n) is 2.62. The summed E-state index contributed by atoms with van der Waals surface area (Å²) in [6.07, 6.45) is 2.08. The molecule has 0 aliphatic rings. The average Bonchev–Trinajstić information content (AvgIpc) is 2.26. The smallest absolute Gasteiger partial charge is 0.326 e. The molecule has 1 atom stereocenters. The van der Waals surface area contributed by atoms with Crippen molar-refractivity contribution in [1.29, 1.82) is 0 Å². The number of aromatic nitrogens is 2. The van der Waals surface area contributed by atoms with Gasteiger partial charge in [0.2, 0.25) is 5.82 Å². The molecule has 0 aliphatic heterocycles. The Labute approximate surface area is 85.2 Å². The van der Waals surface area contributed by atoms with Gasteiger partial charge in [-0.25, -0.2) is 4.98 Å². The van der Waals surface area contributed by atoms with Crippen molar-refractivity contribution in [2.45, 2.75) is 6.04 Å². The molecule has 1 aromatic heterocycles. The summed E-state index contributed by atoms with van der Waals surface area (Å²) in [7, 11) is 1.20. The maximum Gasteiger partial charge on any atom is 0.326 e. The number of nitrogens with zero attached hydrogens (tertiary/aromatic N) is 2. The maximum atomic E-state index is 12.9. The van der Waals surface area contributed by atoms with E-state index in [9.17, 15) is 9.18 Å². The Balaban J connectivity index is 2.50. The van der Waals surface area contributed by atoms with E-state index in [4.69, 9.17) is 10.5 Å². The Morgan fingerprint density at radius 1 is 1.73 bits per heavy atom. The monoisotopic (exact) mass is 215 g/mol. The van der Waals surface area contributed by atoms with Crippen molar-refractivity contribution in [2.75, 3.05) is 13.7 Å². The highest BCUT2D eigenvalue weighted by atomic mass is 19.1. The molecular formula is C8H10FN3O3. The van der Waals surface area contributed by atoms with Crippen molar-refractivity contribution in [3.63, 3.8) is 0 Å². The fourth-order valence-corrected chi connectivity index (χ4v) is 0.796. The van der Waals surface area contributed by atoms with Crippen LogP contribution in [0.2, 0.25) is 0 Å². The van der Waals surface area contributed by atoms with Gasteiger partial charge in [0.15, 0.2) is 0 Å². The molecule has 0 aliphatic carbocycles. The number of nitrogens with two attached hydrogens (primary N) is 1. The number of ether oxygens (including phenoxy) is 2. The number of hydrogen-bond acceptors (Lipinski definition) is 6. The third-order valence-electron chi connectivity index (χ3n) is 1.54. The second-order valence-corrected chi connectivity index (χ2v) is 2.62. The van der Waals surface area contributed by atoms with Crippen LogP contribution in [0.4, 0.5) is 4.39 Å². The van der Waals surface area contributed by atoms with Gasteiger partial charge in [-0.3, -0.25) is 4.79 Å². The van der Waals surface area contributed by atoms with Gasteiger partial charge in [-0.15, -0.1) is 0 Å². The van der Waals surface area contributed by atoms with Gasteiger partial charge in [-0.1, -0.05) is 0 Å². The van der Waals surface area contributed by atoms with Gasteiger partial charge in [-0.05, 0) is 0 Å². The Morgan fingerprint density at radius 3 is 3.07 bits per heavy atom. The maximum absolute atomic E-state index is 12.9. The summed E-state index contributed by atoms with van der Waals surface area (Å²) in [4.78, 5) is 17.8. The fraction of sp³-hybridized carbons (Fsp3) is 0.375. The number of esters is 1. The Bertz CT molecular complexity index is 348. The first kappa shape index (κ1) is 11.3. The van der Waals surface area contributed by atoms with Crippen LogP contribution in [0.25, 0.3) is 0 Å². The molecule has 0 fully saturated rings. The van der Waals surface area contributed by atoms with Crippen molar-refractivity contribution >= 4 is 5.97 Å². The number of carbonyl (C=O) groups excluding carboxylic acids is 1. The topological polar surface area (TPSA) is 87.3 Å². The molecule has 0 amide bonds. The first-order valence-corrected chi connectivity index (χ1v) is 4.07. The minimum Gasteiger partial charge on any atom is -0.473 e. The number of halogens is 1. The molecule has 2 N–H and O–H groups in total. The molecule has 0 saturated heterocycles. The van der Waals surface area contributed by atoms with E-state index in [1.807, 2.05) is 0 Å². The van der Waals surface area contributed by atoms with Crippen LogP contribution in [0, 0.1) is 5.82 Å². The zero-order valence-corrected chi connectivity index (χ0v) is 8.01. The van der Waals surface area contributed by atoms with Crippen LogP contribution in [0.3, 0.4) is 0 Å². The SMILES string of the molecule is COC(=O)C(N)COc1ncncc1F. The van der Waals surface area contributed by atoms with Crippen molar-refractivity contribution in [1.82, 2.24) is 9.97 Å². The minimum absolute atomic E-state index is 0.208. The molecule has 82 valence electrons. The highest BCUT2D eigenvalue weighted by Gasteiger charge is 2.15. The van der Waals surface area contributed by atoms with E-state index in [0.717, 1.165) is 12.5 Å². The van der Waals surface area contributed by atoms with E-state index < -0.39 is 17.8 Å². The summed E-state index contributed by atoms with van der Waals surface area (Å²) in [5, 5.41) is 0. The van der Waals surface area contributed by atoms with E-state index in [2.05, 4.69) is 14.7 Å². The lowest BCUT2D eigenvalue weighted by atomic mass is 10.3. The molecule has 0 saturated carbocycles. The highest BCUT2D eigenvalue weighted by Crippen LogP contribution is 2.09. The summed E-state index contributed by atoms with van der Waals surface area (Å²) in [6, 6.07) is -0.968. The highest BCUT2D eigenvalue weighted by molar-refractivity contribution is 5.75. The summed E-state index contributed by atoms with van der Waals surface area (Å²) in [5.41, 5.74) is 5.36. The minimum atomic E-state index is -0.968. The predicted molar refractivity (Wildman–Crippen MR) is 47.5 cm³/mol. The van der Waals surface area contributed by atoms with Crippen molar-refractivity contribution < 1.29 is 18.7 Å². The largest absolute Gasteiger partial charge is 0.473 e. The van der Waals surface area contributed by atoms with Gasteiger partial charge < -0.3 is 15.2 Å². The number of rotatable bonds is 4. The van der Waals surface area contributed by atoms with Crippen LogP contribution in [0.15, 0.2) is 12.5 Å². The second kappa shape index (κ2) is 5.20. The first-order chi connectivity index (χ1) is 7.15. The molecule has 1 unspecified atom stereocenters. The molecule has 0 aromatic carbocycles. The summed E-state index contributed by atoms with van der Waals surface area (Å²) in [6.45, 7) is -0.208. The zero-order chi connectivity index (χ0) is 11.3. The molecule has 6 nitrogen and oxygen atoms in total. The fourth-order valence-electron chi connectivity index (χ4n) is 0.796. The summed E-state index contributed by atoms with van der Waals surface area (Å²) in [5.74, 6) is -1.59. The van der Waals surface area contributed by atoms with E-state index in [1.54, 1.807) is 0 Å². The standard InChI is InChI=1S/C8H10FN3O3/c1-14-8(13)6(10)3-15-7-5(9)2-11-4-12-7/h2,4,6H,3,10H2,1H3. The van der Waals surface area contributed by atoms with Gasteiger partial charge in [0.05, 0.1) is 13.3 Å². The van der Waals surface area contributed by atoms with Crippen molar-refractivity contribution in [3.05, 3.63) is 18.3 Å². The lowest BCUT2D eigenvalue weighted by Crippen LogP contribution is -2.37. The van der Waals surface area contributed by atoms with E-state index >= 15 is 0 Å². The molecule has 1 rings (SSSR count). The van der Waals surface area contributed by atoms with Gasteiger partial charge in [0, 0.05) is 0 Å². The molecule has 15 heavy (non-hydrogen) atoms.